The van der Waals surface area contributed by atoms with Gasteiger partial charge >= 0.3 is 0 Å². The minimum Gasteiger partial charge on any atom is -0.454 e. The molecule has 0 fully saturated rings. The summed E-state index contributed by atoms with van der Waals surface area (Å²) >= 11 is 1.76. The molecule has 5 heteroatoms. The number of benzene rings is 7. The van der Waals surface area contributed by atoms with Crippen LogP contribution in [0.2, 0.25) is 0 Å². The van der Waals surface area contributed by atoms with Crippen molar-refractivity contribution in [2.75, 3.05) is 0 Å². The standard InChI is InChI=1S/C48H29N3OS/c1-2-14-30(15-3-1)44-47-45(33-18-8-9-23-40(33)53-47)50-48(49-44)35-20-11-22-39-41(35)34-19-10-21-38(46(34)52-39)51-36-26-24-28-12-4-6-16-31(28)42(36)43-32-17-7-5-13-29(32)25-27-37(43)51/h1-24,26H,25,27H2. The van der Waals surface area contributed by atoms with Crippen LogP contribution in [0.5, 0.6) is 0 Å². The van der Waals surface area contributed by atoms with E-state index in [9.17, 15) is 0 Å². The molecule has 0 saturated carbocycles. The highest BCUT2D eigenvalue weighted by atomic mass is 32.1. The number of aryl methyl sites for hydroxylation is 1. The summed E-state index contributed by atoms with van der Waals surface area (Å²) in [7, 11) is 0. The van der Waals surface area contributed by atoms with Crippen LogP contribution in [0.1, 0.15) is 11.3 Å². The van der Waals surface area contributed by atoms with Gasteiger partial charge < -0.3 is 8.98 Å². The second-order valence-electron chi connectivity index (χ2n) is 14.0. The summed E-state index contributed by atoms with van der Waals surface area (Å²) in [4.78, 5) is 10.7. The first-order valence-electron chi connectivity index (χ1n) is 18.1. The number of furan rings is 1. The maximum Gasteiger partial charge on any atom is 0.161 e. The van der Waals surface area contributed by atoms with Crippen LogP contribution in [-0.4, -0.2) is 14.5 Å². The van der Waals surface area contributed by atoms with Crippen LogP contribution in [0.25, 0.3) is 103 Å². The van der Waals surface area contributed by atoms with Gasteiger partial charge in [-0.2, -0.15) is 0 Å². The first kappa shape index (κ1) is 29.1. The van der Waals surface area contributed by atoms with Crippen molar-refractivity contribution in [1.82, 2.24) is 14.5 Å². The number of thiophene rings is 1. The summed E-state index contributed by atoms with van der Waals surface area (Å²) in [6.07, 6.45) is 1.94. The minimum atomic E-state index is 0.700. The highest BCUT2D eigenvalue weighted by Crippen LogP contribution is 2.47. The van der Waals surface area contributed by atoms with Gasteiger partial charge in [0, 0.05) is 48.6 Å². The summed E-state index contributed by atoms with van der Waals surface area (Å²) in [5, 5.41) is 7.07. The van der Waals surface area contributed by atoms with Gasteiger partial charge in [-0.05, 0) is 59.0 Å². The van der Waals surface area contributed by atoms with E-state index >= 15 is 0 Å². The van der Waals surface area contributed by atoms with Crippen LogP contribution in [0.3, 0.4) is 0 Å². The molecule has 4 aromatic heterocycles. The maximum absolute atomic E-state index is 6.95. The monoisotopic (exact) mass is 695 g/mol. The van der Waals surface area contributed by atoms with E-state index in [0.29, 0.717) is 5.82 Å². The Morgan fingerprint density at radius 3 is 2.30 bits per heavy atom. The summed E-state index contributed by atoms with van der Waals surface area (Å²) in [5.41, 5.74) is 13.3. The SMILES string of the molecule is c1ccc(-c2nc(-c3cccc4oc5c(-n6c7c(c8c9ccccc9ccc86)-c6ccccc6CC7)cccc5c34)nc3c2sc2ccccc23)cc1. The fourth-order valence-corrected chi connectivity index (χ4v) is 10.0. The van der Waals surface area contributed by atoms with Crippen molar-refractivity contribution in [3.8, 4) is 39.5 Å². The molecule has 0 saturated heterocycles. The average molecular weight is 696 g/mol. The molecule has 0 bridgehead atoms. The van der Waals surface area contributed by atoms with E-state index in [1.165, 1.54) is 48.8 Å². The molecule has 1 aliphatic carbocycles. The molecule has 1 aliphatic rings. The van der Waals surface area contributed by atoms with Crippen molar-refractivity contribution in [1.29, 1.82) is 0 Å². The van der Waals surface area contributed by atoms with Crippen LogP contribution < -0.4 is 0 Å². The van der Waals surface area contributed by atoms with Gasteiger partial charge in [-0.25, -0.2) is 9.97 Å². The lowest BCUT2D eigenvalue weighted by Crippen LogP contribution is -2.08. The molecule has 0 radical (unpaired) electrons. The molecule has 0 unspecified atom stereocenters. The van der Waals surface area contributed by atoms with Gasteiger partial charge in [0.05, 0.1) is 27.1 Å². The molecule has 0 atom stereocenters. The third-order valence-electron chi connectivity index (χ3n) is 11.1. The van der Waals surface area contributed by atoms with Crippen LogP contribution in [0.15, 0.2) is 156 Å². The average Bonchev–Trinajstić information content (AvgIpc) is 3.91. The Morgan fingerprint density at radius 2 is 1.36 bits per heavy atom. The fourth-order valence-electron chi connectivity index (χ4n) is 8.85. The van der Waals surface area contributed by atoms with Gasteiger partial charge in [0.1, 0.15) is 5.58 Å². The third-order valence-corrected chi connectivity index (χ3v) is 12.3. The lowest BCUT2D eigenvalue weighted by atomic mass is 9.87. The van der Waals surface area contributed by atoms with Crippen molar-refractivity contribution in [2.45, 2.75) is 12.8 Å². The molecule has 0 N–H and O–H groups in total. The lowest BCUT2D eigenvalue weighted by molar-refractivity contribution is 0.664. The zero-order valence-electron chi connectivity index (χ0n) is 28.5. The van der Waals surface area contributed by atoms with Gasteiger partial charge in [-0.3, -0.25) is 0 Å². The Balaban J connectivity index is 1.15. The lowest BCUT2D eigenvalue weighted by Gasteiger charge is -2.19. The van der Waals surface area contributed by atoms with Crippen molar-refractivity contribution >= 4 is 75.3 Å². The second kappa shape index (κ2) is 11.0. The van der Waals surface area contributed by atoms with Gasteiger partial charge in [0.15, 0.2) is 11.4 Å². The molecule has 7 aromatic carbocycles. The number of fused-ring (bicyclic) bond motifs is 13. The third kappa shape index (κ3) is 4.11. The summed E-state index contributed by atoms with van der Waals surface area (Å²) < 4.78 is 11.7. The van der Waals surface area contributed by atoms with Crippen LogP contribution in [0.4, 0.5) is 0 Å². The Kier molecular flexibility index (Phi) is 6.02. The number of para-hydroxylation sites is 1. The van der Waals surface area contributed by atoms with Gasteiger partial charge in [-0.15, -0.1) is 11.3 Å². The topological polar surface area (TPSA) is 43.9 Å². The van der Waals surface area contributed by atoms with Gasteiger partial charge in [0.2, 0.25) is 0 Å². The van der Waals surface area contributed by atoms with Crippen LogP contribution in [0, 0.1) is 0 Å². The first-order chi connectivity index (χ1) is 26.3. The molecule has 4 nitrogen and oxygen atoms in total. The molecule has 0 aliphatic heterocycles. The minimum absolute atomic E-state index is 0.700. The van der Waals surface area contributed by atoms with E-state index < -0.39 is 0 Å². The van der Waals surface area contributed by atoms with Crippen LogP contribution in [-0.2, 0) is 12.8 Å². The Bertz CT molecular complexity index is 3290. The largest absolute Gasteiger partial charge is 0.454 e. The van der Waals surface area contributed by atoms with E-state index in [1.54, 1.807) is 11.3 Å². The molecule has 11 aromatic rings. The van der Waals surface area contributed by atoms with Crippen LogP contribution >= 0.6 is 11.3 Å². The van der Waals surface area contributed by atoms with Gasteiger partial charge in [-0.1, -0.05) is 127 Å². The molecule has 248 valence electrons. The number of hydrogen-bond acceptors (Lipinski definition) is 4. The van der Waals surface area contributed by atoms with E-state index in [1.807, 2.05) is 0 Å². The maximum atomic E-state index is 6.95. The number of aromatic nitrogens is 3. The van der Waals surface area contributed by atoms with Crippen molar-refractivity contribution < 1.29 is 4.42 Å². The van der Waals surface area contributed by atoms with E-state index in [4.69, 9.17) is 14.4 Å². The van der Waals surface area contributed by atoms with E-state index in [2.05, 4.69) is 156 Å². The Labute approximate surface area is 308 Å². The highest BCUT2D eigenvalue weighted by molar-refractivity contribution is 7.26. The zero-order valence-corrected chi connectivity index (χ0v) is 29.3. The first-order valence-corrected chi connectivity index (χ1v) is 18.9. The van der Waals surface area contributed by atoms with E-state index in [0.717, 1.165) is 72.9 Å². The molecule has 53 heavy (non-hydrogen) atoms. The predicted molar refractivity (Wildman–Crippen MR) is 220 cm³/mol. The number of hydrogen-bond donors (Lipinski definition) is 0. The highest BCUT2D eigenvalue weighted by Gasteiger charge is 2.28. The summed E-state index contributed by atoms with van der Waals surface area (Å²) in [6, 6.07) is 54.1. The Morgan fingerprint density at radius 1 is 0.585 bits per heavy atom. The molecule has 12 rings (SSSR count). The molecule has 0 amide bonds. The summed E-state index contributed by atoms with van der Waals surface area (Å²) in [6.45, 7) is 0. The van der Waals surface area contributed by atoms with Crippen molar-refractivity contribution in [3.63, 3.8) is 0 Å². The number of nitrogens with zero attached hydrogens (tertiary/aromatic N) is 3. The van der Waals surface area contributed by atoms with Gasteiger partial charge in [0.25, 0.3) is 0 Å². The van der Waals surface area contributed by atoms with E-state index in [-0.39, 0.29) is 0 Å². The quantitative estimate of drug-likeness (QED) is 0.185. The smallest absolute Gasteiger partial charge is 0.161 e. The summed E-state index contributed by atoms with van der Waals surface area (Å²) in [5.74, 6) is 0.700. The Hall–Kier alpha value is -6.56. The predicted octanol–water partition coefficient (Wildman–Crippen LogP) is 12.9. The number of rotatable bonds is 3. The molecular formula is C48H29N3OS. The van der Waals surface area contributed by atoms with Crippen molar-refractivity contribution in [3.05, 3.63) is 163 Å². The second-order valence-corrected chi connectivity index (χ2v) is 15.0. The normalized spacial score (nSPS) is 12.8. The fraction of sp³-hybridized carbons (Fsp3) is 0.0417. The van der Waals surface area contributed by atoms with Crippen molar-refractivity contribution in [2.24, 2.45) is 0 Å². The molecular weight excluding hydrogens is 667 g/mol. The molecule has 0 spiro atoms. The zero-order chi connectivity index (χ0) is 34.6. The molecule has 4 heterocycles.